The second-order valence-corrected chi connectivity index (χ2v) is 4.53. The molecule has 0 heterocycles. The van der Waals surface area contributed by atoms with E-state index in [-0.39, 0.29) is 12.8 Å². The molecule has 0 aromatic heterocycles. The van der Waals surface area contributed by atoms with Crippen molar-refractivity contribution in [2.75, 3.05) is 13.8 Å². The fourth-order valence-corrected chi connectivity index (χ4v) is 2.06. The standard InChI is InChI=1S/C13H26N2O2/c1-6-12(8-10(3)11(4)17-5)13(7-2)14-9-15-16/h10-12H,6-9H2,1-5H3/b14-13+. The zero-order chi connectivity index (χ0) is 13.3. The van der Waals surface area contributed by atoms with Gasteiger partial charge in [-0.05, 0) is 43.2 Å². The molecule has 0 N–H and O–H groups in total. The number of hydrogen-bond acceptors (Lipinski definition) is 4. The molecule has 17 heavy (non-hydrogen) atoms. The minimum Gasteiger partial charge on any atom is -0.381 e. The quantitative estimate of drug-likeness (QED) is 0.458. The molecule has 0 radical (unpaired) electrons. The molecule has 0 aliphatic carbocycles. The highest BCUT2D eigenvalue weighted by Gasteiger charge is 2.19. The maximum absolute atomic E-state index is 10.1. The van der Waals surface area contributed by atoms with Crippen LogP contribution in [-0.4, -0.2) is 25.6 Å². The summed E-state index contributed by atoms with van der Waals surface area (Å²) in [5.41, 5.74) is 1.11. The van der Waals surface area contributed by atoms with Crippen LogP contribution in [0.15, 0.2) is 10.2 Å². The molecule has 0 spiro atoms. The van der Waals surface area contributed by atoms with Gasteiger partial charge in [-0.25, -0.2) is 0 Å². The van der Waals surface area contributed by atoms with Gasteiger partial charge in [0.05, 0.1) is 6.10 Å². The molecule has 0 aliphatic rings. The molecule has 0 saturated heterocycles. The van der Waals surface area contributed by atoms with E-state index in [9.17, 15) is 4.91 Å². The van der Waals surface area contributed by atoms with Crippen molar-refractivity contribution in [2.24, 2.45) is 22.0 Å². The summed E-state index contributed by atoms with van der Waals surface area (Å²) in [6, 6.07) is 0. The lowest BCUT2D eigenvalue weighted by Gasteiger charge is -2.24. The van der Waals surface area contributed by atoms with Gasteiger partial charge >= 0.3 is 0 Å². The molecule has 0 amide bonds. The molecular formula is C13H26N2O2. The zero-order valence-corrected chi connectivity index (χ0v) is 11.8. The number of aliphatic imine (C=N–C) groups is 1. The van der Waals surface area contributed by atoms with Gasteiger partial charge in [-0.15, -0.1) is 4.91 Å². The van der Waals surface area contributed by atoms with E-state index in [1.54, 1.807) is 7.11 Å². The predicted molar refractivity (Wildman–Crippen MR) is 72.4 cm³/mol. The average Bonchev–Trinajstić information content (AvgIpc) is 2.36. The van der Waals surface area contributed by atoms with Crippen molar-refractivity contribution >= 4 is 5.71 Å². The first kappa shape index (κ1) is 16.2. The smallest absolute Gasteiger partial charge is 0.171 e. The van der Waals surface area contributed by atoms with E-state index in [0.29, 0.717) is 11.8 Å². The summed E-state index contributed by atoms with van der Waals surface area (Å²) in [7, 11) is 1.74. The Kier molecular flexibility index (Phi) is 8.86. The molecule has 3 unspecified atom stereocenters. The molecule has 0 saturated carbocycles. The van der Waals surface area contributed by atoms with Gasteiger partial charge in [0.1, 0.15) is 0 Å². The van der Waals surface area contributed by atoms with Crippen LogP contribution in [0.4, 0.5) is 0 Å². The first-order chi connectivity index (χ1) is 8.10. The molecule has 0 bridgehead atoms. The summed E-state index contributed by atoms with van der Waals surface area (Å²) >= 11 is 0. The van der Waals surface area contributed by atoms with Crippen molar-refractivity contribution in [2.45, 2.75) is 53.1 Å². The third kappa shape index (κ3) is 5.91. The van der Waals surface area contributed by atoms with Gasteiger partial charge in [-0.3, -0.25) is 4.99 Å². The van der Waals surface area contributed by atoms with Crippen molar-refractivity contribution < 1.29 is 4.74 Å². The Hall–Kier alpha value is -0.770. The molecule has 0 aromatic carbocycles. The van der Waals surface area contributed by atoms with E-state index in [0.717, 1.165) is 25.0 Å². The van der Waals surface area contributed by atoms with Crippen molar-refractivity contribution in [3.63, 3.8) is 0 Å². The monoisotopic (exact) mass is 242 g/mol. The fourth-order valence-electron chi connectivity index (χ4n) is 2.06. The number of methoxy groups -OCH3 is 1. The highest BCUT2D eigenvalue weighted by Crippen LogP contribution is 2.22. The van der Waals surface area contributed by atoms with E-state index in [2.05, 4.69) is 37.9 Å². The van der Waals surface area contributed by atoms with Crippen LogP contribution in [0.5, 0.6) is 0 Å². The predicted octanol–water partition coefficient (Wildman–Crippen LogP) is 3.65. The number of hydrogen-bond donors (Lipinski definition) is 0. The summed E-state index contributed by atoms with van der Waals surface area (Å²) in [5, 5.41) is 2.81. The van der Waals surface area contributed by atoms with Crippen LogP contribution in [-0.2, 0) is 4.74 Å². The lowest BCUT2D eigenvalue weighted by atomic mass is 9.86. The Labute approximate surface area is 105 Å². The van der Waals surface area contributed by atoms with Crippen LogP contribution in [0.25, 0.3) is 0 Å². The van der Waals surface area contributed by atoms with Crippen LogP contribution >= 0.6 is 0 Å². The molecule has 0 rings (SSSR count). The summed E-state index contributed by atoms with van der Waals surface area (Å²) in [6.07, 6.45) is 3.25. The first-order valence-electron chi connectivity index (χ1n) is 6.45. The lowest BCUT2D eigenvalue weighted by Crippen LogP contribution is -2.23. The Balaban J connectivity index is 4.53. The molecule has 4 heteroatoms. The normalized spacial score (nSPS) is 17.6. The molecule has 0 aromatic rings. The van der Waals surface area contributed by atoms with Crippen molar-refractivity contribution in [1.29, 1.82) is 0 Å². The Morgan fingerprint density at radius 2 is 1.94 bits per heavy atom. The average molecular weight is 242 g/mol. The van der Waals surface area contributed by atoms with E-state index in [1.165, 1.54) is 0 Å². The van der Waals surface area contributed by atoms with Crippen LogP contribution in [0, 0.1) is 16.7 Å². The van der Waals surface area contributed by atoms with Crippen LogP contribution in [0.2, 0.25) is 0 Å². The number of rotatable bonds is 9. The molecular weight excluding hydrogens is 216 g/mol. The summed E-state index contributed by atoms with van der Waals surface area (Å²) in [5.74, 6) is 0.931. The van der Waals surface area contributed by atoms with E-state index < -0.39 is 0 Å². The molecule has 0 fully saturated rings. The maximum Gasteiger partial charge on any atom is 0.171 e. The zero-order valence-electron chi connectivity index (χ0n) is 11.8. The number of ether oxygens (including phenoxy) is 1. The lowest BCUT2D eigenvalue weighted by molar-refractivity contribution is 0.0666. The van der Waals surface area contributed by atoms with E-state index in [4.69, 9.17) is 4.74 Å². The summed E-state index contributed by atoms with van der Waals surface area (Å²) in [4.78, 5) is 14.4. The van der Waals surface area contributed by atoms with Gasteiger partial charge in [0, 0.05) is 12.8 Å². The fraction of sp³-hybridized carbons (Fsp3) is 0.923. The van der Waals surface area contributed by atoms with E-state index in [1.807, 2.05) is 0 Å². The Morgan fingerprint density at radius 3 is 2.35 bits per heavy atom. The Morgan fingerprint density at radius 1 is 1.29 bits per heavy atom. The number of nitrogens with zero attached hydrogens (tertiary/aromatic N) is 2. The highest BCUT2D eigenvalue weighted by molar-refractivity contribution is 5.86. The van der Waals surface area contributed by atoms with Crippen molar-refractivity contribution in [1.82, 2.24) is 0 Å². The minimum absolute atomic E-state index is 0.0495. The SMILES string of the molecule is CC/C(=N\CN=O)C(CC)CC(C)C(C)OC. The van der Waals surface area contributed by atoms with Gasteiger partial charge in [0.15, 0.2) is 6.67 Å². The van der Waals surface area contributed by atoms with Crippen molar-refractivity contribution in [3.05, 3.63) is 4.91 Å². The maximum atomic E-state index is 10.1. The van der Waals surface area contributed by atoms with Gasteiger partial charge in [0.25, 0.3) is 0 Å². The van der Waals surface area contributed by atoms with Crippen LogP contribution in [0.1, 0.15) is 47.0 Å². The second kappa shape index (κ2) is 9.28. The van der Waals surface area contributed by atoms with Crippen LogP contribution < -0.4 is 0 Å². The van der Waals surface area contributed by atoms with Crippen LogP contribution in [0.3, 0.4) is 0 Å². The molecule has 3 atom stereocenters. The molecule has 0 aliphatic heterocycles. The largest absolute Gasteiger partial charge is 0.381 e. The number of nitroso groups, excluding NO2 is 1. The third-order valence-corrected chi connectivity index (χ3v) is 3.49. The highest BCUT2D eigenvalue weighted by atomic mass is 16.5. The minimum atomic E-state index is 0.0495. The van der Waals surface area contributed by atoms with Crippen molar-refractivity contribution in [3.8, 4) is 0 Å². The van der Waals surface area contributed by atoms with Gasteiger partial charge in [-0.2, -0.15) is 0 Å². The van der Waals surface area contributed by atoms with Gasteiger partial charge < -0.3 is 4.74 Å². The topological polar surface area (TPSA) is 51.0 Å². The summed E-state index contributed by atoms with van der Waals surface area (Å²) < 4.78 is 5.34. The molecule has 4 nitrogen and oxygen atoms in total. The van der Waals surface area contributed by atoms with Gasteiger partial charge in [-0.1, -0.05) is 20.8 Å². The van der Waals surface area contributed by atoms with E-state index >= 15 is 0 Å². The van der Waals surface area contributed by atoms with Gasteiger partial charge in [0.2, 0.25) is 0 Å². The third-order valence-electron chi connectivity index (χ3n) is 3.49. The summed E-state index contributed by atoms with van der Waals surface area (Å²) in [6.45, 7) is 8.58. The molecule has 100 valence electrons. The first-order valence-corrected chi connectivity index (χ1v) is 6.45. The Bertz CT molecular complexity index is 242. The second-order valence-electron chi connectivity index (χ2n) is 4.53.